The molecule has 0 atom stereocenters. The molecule has 5 nitrogen and oxygen atoms in total. The van der Waals surface area contributed by atoms with Crippen molar-refractivity contribution in [2.24, 2.45) is 0 Å². The van der Waals surface area contributed by atoms with Gasteiger partial charge in [-0.15, -0.1) is 0 Å². The number of rotatable bonds is 5. The Kier molecular flexibility index (Phi) is 5.29. The van der Waals surface area contributed by atoms with E-state index < -0.39 is 10.0 Å². The Morgan fingerprint density at radius 2 is 1.50 bits per heavy atom. The third-order valence-corrected chi connectivity index (χ3v) is 4.94. The van der Waals surface area contributed by atoms with E-state index in [2.05, 4.69) is 5.32 Å². The van der Waals surface area contributed by atoms with Gasteiger partial charge in [-0.25, -0.2) is 8.42 Å². The summed E-state index contributed by atoms with van der Waals surface area (Å²) in [6, 6.07) is 12.8. The number of anilines is 2. The number of nitrogens with one attached hydrogen (secondary N) is 1. The van der Waals surface area contributed by atoms with Crippen molar-refractivity contribution in [1.82, 2.24) is 0 Å². The van der Waals surface area contributed by atoms with Crippen LogP contribution in [-0.2, 0) is 14.8 Å². The molecule has 24 heavy (non-hydrogen) atoms. The van der Waals surface area contributed by atoms with Crippen LogP contribution in [-0.4, -0.2) is 27.1 Å². The first-order chi connectivity index (χ1) is 11.2. The quantitative estimate of drug-likeness (QED) is 0.905. The third-order valence-electron chi connectivity index (χ3n) is 3.82. The molecule has 1 amide bonds. The van der Waals surface area contributed by atoms with Crippen LogP contribution in [0.4, 0.5) is 11.4 Å². The van der Waals surface area contributed by atoms with Gasteiger partial charge in [0, 0.05) is 5.69 Å². The number of hydrogen-bond donors (Lipinski definition) is 1. The SMILES string of the molecule is Cc1ccccc1N(CC(=O)Nc1c(C)cccc1C)S(C)(=O)=O. The molecular formula is C18H22N2O3S. The number of benzene rings is 2. The van der Waals surface area contributed by atoms with Crippen LogP contribution in [0.15, 0.2) is 42.5 Å². The van der Waals surface area contributed by atoms with Gasteiger partial charge >= 0.3 is 0 Å². The van der Waals surface area contributed by atoms with Crippen molar-refractivity contribution in [3.05, 3.63) is 59.2 Å². The minimum atomic E-state index is -3.58. The van der Waals surface area contributed by atoms with Gasteiger partial charge < -0.3 is 5.32 Å². The number of nitrogens with zero attached hydrogens (tertiary/aromatic N) is 1. The van der Waals surface area contributed by atoms with Crippen LogP contribution in [0.1, 0.15) is 16.7 Å². The number of amides is 1. The highest BCUT2D eigenvalue weighted by molar-refractivity contribution is 7.92. The second-order valence-electron chi connectivity index (χ2n) is 5.87. The average molecular weight is 346 g/mol. The number of carbonyl (C=O) groups is 1. The van der Waals surface area contributed by atoms with E-state index in [1.807, 2.05) is 51.1 Å². The van der Waals surface area contributed by atoms with E-state index in [9.17, 15) is 13.2 Å². The summed E-state index contributed by atoms with van der Waals surface area (Å²) in [5.41, 5.74) is 3.90. The highest BCUT2D eigenvalue weighted by atomic mass is 32.2. The van der Waals surface area contributed by atoms with Gasteiger partial charge in [0.15, 0.2) is 0 Å². The van der Waals surface area contributed by atoms with Crippen molar-refractivity contribution in [1.29, 1.82) is 0 Å². The maximum absolute atomic E-state index is 12.4. The molecule has 2 aromatic rings. The molecule has 0 aliphatic rings. The monoisotopic (exact) mass is 346 g/mol. The summed E-state index contributed by atoms with van der Waals surface area (Å²) in [7, 11) is -3.58. The molecule has 0 heterocycles. The summed E-state index contributed by atoms with van der Waals surface area (Å²) in [5.74, 6) is -0.374. The van der Waals surface area contributed by atoms with Gasteiger partial charge in [0.2, 0.25) is 15.9 Å². The number of sulfonamides is 1. The fraction of sp³-hybridized carbons (Fsp3) is 0.278. The maximum Gasteiger partial charge on any atom is 0.245 e. The Bertz CT molecular complexity index is 840. The summed E-state index contributed by atoms with van der Waals surface area (Å²) in [6.45, 7) is 5.35. The number of para-hydroxylation sites is 2. The molecule has 2 aromatic carbocycles. The van der Waals surface area contributed by atoms with Gasteiger partial charge in [0.1, 0.15) is 6.54 Å². The maximum atomic E-state index is 12.4. The second kappa shape index (κ2) is 7.05. The van der Waals surface area contributed by atoms with Crippen molar-refractivity contribution in [2.75, 3.05) is 22.4 Å². The minimum Gasteiger partial charge on any atom is -0.324 e. The first-order valence-electron chi connectivity index (χ1n) is 7.59. The Labute approximate surface area is 143 Å². The molecule has 0 radical (unpaired) electrons. The molecule has 2 rings (SSSR count). The zero-order valence-corrected chi connectivity index (χ0v) is 15.1. The van der Waals surface area contributed by atoms with Gasteiger partial charge in [0.25, 0.3) is 0 Å². The highest BCUT2D eigenvalue weighted by Crippen LogP contribution is 2.23. The first-order valence-corrected chi connectivity index (χ1v) is 9.44. The number of aryl methyl sites for hydroxylation is 3. The van der Waals surface area contributed by atoms with Crippen LogP contribution in [0.2, 0.25) is 0 Å². The van der Waals surface area contributed by atoms with Gasteiger partial charge in [-0.2, -0.15) is 0 Å². The predicted octanol–water partition coefficient (Wildman–Crippen LogP) is 3.02. The van der Waals surface area contributed by atoms with Crippen LogP contribution in [0, 0.1) is 20.8 Å². The van der Waals surface area contributed by atoms with E-state index >= 15 is 0 Å². The van der Waals surface area contributed by atoms with Crippen molar-refractivity contribution >= 4 is 27.3 Å². The molecule has 0 aromatic heterocycles. The smallest absolute Gasteiger partial charge is 0.245 e. The Hall–Kier alpha value is -2.34. The molecule has 128 valence electrons. The molecule has 0 spiro atoms. The molecule has 6 heteroatoms. The van der Waals surface area contributed by atoms with Crippen molar-refractivity contribution < 1.29 is 13.2 Å². The van der Waals surface area contributed by atoms with E-state index in [-0.39, 0.29) is 12.5 Å². The Morgan fingerprint density at radius 3 is 2.04 bits per heavy atom. The van der Waals surface area contributed by atoms with Crippen LogP contribution < -0.4 is 9.62 Å². The summed E-state index contributed by atoms with van der Waals surface area (Å²) in [5, 5.41) is 2.83. The van der Waals surface area contributed by atoms with Crippen LogP contribution in [0.3, 0.4) is 0 Å². The standard InChI is InChI=1S/C18H22N2O3S/c1-13-8-5-6-11-16(13)20(24(4,22)23)12-17(21)19-18-14(2)9-7-10-15(18)3/h5-11H,12H2,1-4H3,(H,19,21). The molecule has 0 saturated carbocycles. The summed E-state index contributed by atoms with van der Waals surface area (Å²) < 4.78 is 25.4. The van der Waals surface area contributed by atoms with E-state index in [1.165, 1.54) is 0 Å². The Morgan fingerprint density at radius 1 is 0.958 bits per heavy atom. The van der Waals surface area contributed by atoms with Crippen molar-refractivity contribution in [3.63, 3.8) is 0 Å². The third kappa shape index (κ3) is 4.14. The van der Waals surface area contributed by atoms with Crippen LogP contribution in [0.25, 0.3) is 0 Å². The minimum absolute atomic E-state index is 0.266. The molecule has 0 saturated heterocycles. The lowest BCUT2D eigenvalue weighted by Crippen LogP contribution is -2.38. The highest BCUT2D eigenvalue weighted by Gasteiger charge is 2.22. The predicted molar refractivity (Wildman–Crippen MR) is 97.9 cm³/mol. The zero-order chi connectivity index (χ0) is 17.9. The molecular weight excluding hydrogens is 324 g/mol. The number of hydrogen-bond acceptors (Lipinski definition) is 3. The van der Waals surface area contributed by atoms with Gasteiger partial charge in [0.05, 0.1) is 11.9 Å². The summed E-state index contributed by atoms with van der Waals surface area (Å²) in [6.07, 6.45) is 1.10. The topological polar surface area (TPSA) is 66.5 Å². The van der Waals surface area contributed by atoms with Crippen LogP contribution in [0.5, 0.6) is 0 Å². The molecule has 0 bridgehead atoms. The Balaban J connectivity index is 2.28. The van der Waals surface area contributed by atoms with Crippen molar-refractivity contribution in [3.8, 4) is 0 Å². The summed E-state index contributed by atoms with van der Waals surface area (Å²) in [4.78, 5) is 12.4. The fourth-order valence-electron chi connectivity index (χ4n) is 2.55. The average Bonchev–Trinajstić information content (AvgIpc) is 2.48. The lowest BCUT2D eigenvalue weighted by Gasteiger charge is -2.24. The largest absolute Gasteiger partial charge is 0.324 e. The van der Waals surface area contributed by atoms with E-state index in [0.29, 0.717) is 5.69 Å². The van der Waals surface area contributed by atoms with Gasteiger partial charge in [-0.1, -0.05) is 36.4 Å². The second-order valence-corrected chi connectivity index (χ2v) is 7.78. The lowest BCUT2D eigenvalue weighted by atomic mass is 10.1. The van der Waals surface area contributed by atoms with E-state index in [4.69, 9.17) is 0 Å². The normalized spacial score (nSPS) is 11.2. The molecule has 0 aliphatic carbocycles. The van der Waals surface area contributed by atoms with E-state index in [0.717, 1.165) is 32.9 Å². The van der Waals surface area contributed by atoms with Crippen molar-refractivity contribution in [2.45, 2.75) is 20.8 Å². The van der Waals surface area contributed by atoms with Crippen LogP contribution >= 0.6 is 0 Å². The number of carbonyl (C=O) groups excluding carboxylic acids is 1. The van der Waals surface area contributed by atoms with E-state index in [1.54, 1.807) is 12.1 Å². The zero-order valence-electron chi connectivity index (χ0n) is 14.3. The van der Waals surface area contributed by atoms with Gasteiger partial charge in [-0.05, 0) is 43.5 Å². The molecule has 0 aliphatic heterocycles. The fourth-order valence-corrected chi connectivity index (χ4v) is 3.46. The molecule has 0 fully saturated rings. The van der Waals surface area contributed by atoms with Gasteiger partial charge in [-0.3, -0.25) is 9.10 Å². The molecule has 0 unspecified atom stereocenters. The molecule has 1 N–H and O–H groups in total. The lowest BCUT2D eigenvalue weighted by molar-refractivity contribution is -0.114. The summed E-state index contributed by atoms with van der Waals surface area (Å²) >= 11 is 0. The first kappa shape index (κ1) is 18.0.